The molecule has 21 heavy (non-hydrogen) atoms. The van der Waals surface area contributed by atoms with Crippen LogP contribution in [0.2, 0.25) is 0 Å². The second-order valence-electron chi connectivity index (χ2n) is 4.10. The molecule has 0 aliphatic carbocycles. The van der Waals surface area contributed by atoms with Gasteiger partial charge in [0.05, 0.1) is 11.8 Å². The van der Waals surface area contributed by atoms with Crippen LogP contribution in [0.25, 0.3) is 0 Å². The Morgan fingerprint density at radius 3 is 2.67 bits per heavy atom. The molecule has 0 saturated heterocycles. The summed E-state index contributed by atoms with van der Waals surface area (Å²) in [6.45, 7) is 2.94. The molecule has 0 heterocycles. The lowest BCUT2D eigenvalue weighted by atomic mass is 10.3. The molecule has 0 aliphatic heterocycles. The van der Waals surface area contributed by atoms with E-state index in [0.717, 1.165) is 0 Å². The van der Waals surface area contributed by atoms with Gasteiger partial charge in [0.25, 0.3) is 0 Å². The topological polar surface area (TPSA) is 118 Å². The van der Waals surface area contributed by atoms with Gasteiger partial charge in [0.2, 0.25) is 0 Å². The first-order valence-electron chi connectivity index (χ1n) is 5.94. The van der Waals surface area contributed by atoms with Gasteiger partial charge >= 0.3 is 16.3 Å². The minimum Gasteiger partial charge on any atom is -0.477 e. The minimum absolute atomic E-state index is 0.0950. The molecule has 1 aromatic carbocycles. The number of carbonyl (C=O) groups excluding carboxylic acids is 1. The summed E-state index contributed by atoms with van der Waals surface area (Å²) in [5.74, 6) is 0.168. The standard InChI is InChI=1S/C12H15N3O5S/c1-9(2)20-12(16)15-21(17,18)14-10-5-3-4-6-11(10)19-8-7-13/h3-6,9,14H,8H2,1-2H3,(H,15,16). The van der Waals surface area contributed by atoms with Crippen molar-refractivity contribution >= 4 is 22.0 Å². The number of hydrogen-bond acceptors (Lipinski definition) is 6. The molecule has 114 valence electrons. The van der Waals surface area contributed by atoms with E-state index in [2.05, 4.69) is 9.46 Å². The quantitative estimate of drug-likeness (QED) is 0.819. The monoisotopic (exact) mass is 313 g/mol. The van der Waals surface area contributed by atoms with Gasteiger partial charge in [0.15, 0.2) is 6.61 Å². The summed E-state index contributed by atoms with van der Waals surface area (Å²) >= 11 is 0. The molecule has 8 nitrogen and oxygen atoms in total. The number of para-hydroxylation sites is 2. The Hall–Kier alpha value is -2.47. The van der Waals surface area contributed by atoms with E-state index in [4.69, 9.17) is 10.00 Å². The first-order valence-corrected chi connectivity index (χ1v) is 7.42. The highest BCUT2D eigenvalue weighted by Crippen LogP contribution is 2.24. The van der Waals surface area contributed by atoms with Crippen LogP contribution < -0.4 is 14.2 Å². The Morgan fingerprint density at radius 2 is 2.05 bits per heavy atom. The summed E-state index contributed by atoms with van der Waals surface area (Å²) in [6.07, 6.45) is -1.54. The number of anilines is 1. The molecule has 0 atom stereocenters. The number of nitrogens with one attached hydrogen (secondary N) is 2. The zero-order valence-corrected chi connectivity index (χ0v) is 12.3. The van der Waals surface area contributed by atoms with Crippen molar-refractivity contribution in [2.24, 2.45) is 0 Å². The maximum Gasteiger partial charge on any atom is 0.422 e. The lowest BCUT2D eigenvalue weighted by Crippen LogP contribution is -2.36. The Balaban J connectivity index is 2.80. The Morgan fingerprint density at radius 1 is 1.38 bits per heavy atom. The fourth-order valence-electron chi connectivity index (χ4n) is 1.30. The predicted molar refractivity (Wildman–Crippen MR) is 74.8 cm³/mol. The van der Waals surface area contributed by atoms with E-state index in [1.165, 1.54) is 12.1 Å². The lowest BCUT2D eigenvalue weighted by molar-refractivity contribution is 0.121. The third kappa shape index (κ3) is 6.01. The molecular formula is C12H15N3O5S. The predicted octanol–water partition coefficient (Wildman–Crippen LogP) is 1.38. The van der Waals surface area contributed by atoms with Crippen LogP contribution in [0.15, 0.2) is 24.3 Å². The van der Waals surface area contributed by atoms with E-state index in [1.54, 1.807) is 36.8 Å². The van der Waals surface area contributed by atoms with Gasteiger partial charge in [-0.15, -0.1) is 0 Å². The van der Waals surface area contributed by atoms with Gasteiger partial charge < -0.3 is 9.47 Å². The molecule has 0 aromatic heterocycles. The van der Waals surface area contributed by atoms with Gasteiger partial charge in [-0.05, 0) is 26.0 Å². The van der Waals surface area contributed by atoms with Crippen molar-refractivity contribution in [3.05, 3.63) is 24.3 Å². The number of amides is 1. The maximum absolute atomic E-state index is 11.8. The molecule has 0 fully saturated rings. The summed E-state index contributed by atoms with van der Waals surface area (Å²) in [5.41, 5.74) is 0.0950. The number of ether oxygens (including phenoxy) is 2. The zero-order chi connectivity index (χ0) is 15.9. The summed E-state index contributed by atoms with van der Waals surface area (Å²) < 4.78 is 37.1. The Labute approximate surface area is 122 Å². The van der Waals surface area contributed by atoms with Crippen molar-refractivity contribution in [3.63, 3.8) is 0 Å². The molecular weight excluding hydrogens is 298 g/mol. The zero-order valence-electron chi connectivity index (χ0n) is 11.5. The van der Waals surface area contributed by atoms with Crippen LogP contribution in [-0.4, -0.2) is 27.2 Å². The highest BCUT2D eigenvalue weighted by Gasteiger charge is 2.18. The number of carbonyl (C=O) groups is 1. The van der Waals surface area contributed by atoms with Gasteiger partial charge in [-0.1, -0.05) is 12.1 Å². The Bertz CT molecular complexity index is 637. The fourth-order valence-corrected chi connectivity index (χ4v) is 2.08. The molecule has 0 radical (unpaired) electrons. The molecule has 0 spiro atoms. The van der Waals surface area contributed by atoms with Crippen molar-refractivity contribution in [1.29, 1.82) is 5.26 Å². The van der Waals surface area contributed by atoms with Crippen LogP contribution in [0.3, 0.4) is 0 Å². The van der Waals surface area contributed by atoms with Crippen molar-refractivity contribution in [3.8, 4) is 11.8 Å². The molecule has 9 heteroatoms. The molecule has 1 aromatic rings. The van der Waals surface area contributed by atoms with E-state index in [0.29, 0.717) is 0 Å². The maximum atomic E-state index is 11.8. The van der Waals surface area contributed by atoms with Gasteiger partial charge in [0, 0.05) is 0 Å². The lowest BCUT2D eigenvalue weighted by Gasteiger charge is -2.13. The first-order chi connectivity index (χ1) is 9.84. The number of benzene rings is 1. The average molecular weight is 313 g/mol. The van der Waals surface area contributed by atoms with Crippen molar-refractivity contribution in [1.82, 2.24) is 4.72 Å². The highest BCUT2D eigenvalue weighted by molar-refractivity contribution is 7.91. The van der Waals surface area contributed by atoms with E-state index in [-0.39, 0.29) is 18.0 Å². The van der Waals surface area contributed by atoms with Crippen LogP contribution in [0.4, 0.5) is 10.5 Å². The summed E-state index contributed by atoms with van der Waals surface area (Å²) in [6, 6.07) is 7.88. The molecule has 0 aliphatic rings. The van der Waals surface area contributed by atoms with Gasteiger partial charge in [0.1, 0.15) is 11.8 Å². The van der Waals surface area contributed by atoms with Gasteiger partial charge in [-0.25, -0.2) is 9.52 Å². The van der Waals surface area contributed by atoms with Crippen LogP contribution in [0.1, 0.15) is 13.8 Å². The molecule has 1 rings (SSSR count). The molecule has 0 unspecified atom stereocenters. The molecule has 0 saturated carbocycles. The van der Waals surface area contributed by atoms with Crippen LogP contribution in [0, 0.1) is 11.3 Å². The average Bonchev–Trinajstić information content (AvgIpc) is 2.35. The second kappa shape index (κ2) is 7.35. The highest BCUT2D eigenvalue weighted by atomic mass is 32.2. The van der Waals surface area contributed by atoms with E-state index < -0.39 is 22.4 Å². The number of nitrogens with zero attached hydrogens (tertiary/aromatic N) is 1. The van der Waals surface area contributed by atoms with Crippen molar-refractivity contribution < 1.29 is 22.7 Å². The van der Waals surface area contributed by atoms with Crippen molar-refractivity contribution in [2.45, 2.75) is 20.0 Å². The Kier molecular flexibility index (Phi) is 5.80. The van der Waals surface area contributed by atoms with Crippen LogP contribution in [0.5, 0.6) is 5.75 Å². The second-order valence-corrected chi connectivity index (χ2v) is 5.52. The fraction of sp³-hybridized carbons (Fsp3) is 0.333. The van der Waals surface area contributed by atoms with Gasteiger partial charge in [-0.2, -0.15) is 13.7 Å². The summed E-state index contributed by atoms with van der Waals surface area (Å²) in [4.78, 5) is 11.3. The van der Waals surface area contributed by atoms with E-state index in [1.807, 2.05) is 0 Å². The molecule has 0 bridgehead atoms. The third-order valence-corrected chi connectivity index (χ3v) is 2.91. The van der Waals surface area contributed by atoms with Crippen LogP contribution in [-0.2, 0) is 14.9 Å². The van der Waals surface area contributed by atoms with E-state index >= 15 is 0 Å². The summed E-state index contributed by atoms with van der Waals surface area (Å²) in [7, 11) is -4.16. The third-order valence-electron chi connectivity index (χ3n) is 1.98. The van der Waals surface area contributed by atoms with Crippen LogP contribution >= 0.6 is 0 Å². The SMILES string of the molecule is CC(C)OC(=O)NS(=O)(=O)Nc1ccccc1OCC#N. The van der Waals surface area contributed by atoms with Crippen molar-refractivity contribution in [2.75, 3.05) is 11.3 Å². The first kappa shape index (κ1) is 16.6. The number of rotatable bonds is 6. The van der Waals surface area contributed by atoms with E-state index in [9.17, 15) is 13.2 Å². The summed E-state index contributed by atoms with van der Waals surface area (Å²) in [5, 5.41) is 8.47. The largest absolute Gasteiger partial charge is 0.477 e. The van der Waals surface area contributed by atoms with Gasteiger partial charge in [-0.3, -0.25) is 4.72 Å². The molecule has 2 N–H and O–H groups in total. The number of nitriles is 1. The normalized spacial score (nSPS) is 10.6. The smallest absolute Gasteiger partial charge is 0.422 e. The minimum atomic E-state index is -4.16. The number of hydrogen-bond donors (Lipinski definition) is 2. The molecule has 1 amide bonds.